The second kappa shape index (κ2) is 5.61. The Kier molecular flexibility index (Phi) is 4.09. The maximum Gasteiger partial charge on any atom is 0.182 e. The highest BCUT2D eigenvalue weighted by molar-refractivity contribution is 9.10. The van der Waals surface area contributed by atoms with E-state index in [1.807, 2.05) is 0 Å². The number of rotatable bonds is 3. The highest BCUT2D eigenvalue weighted by Crippen LogP contribution is 2.23. The number of anilines is 1. The molecule has 1 nitrogen and oxygen atoms in total. The third-order valence-electron chi connectivity index (χ3n) is 2.49. The molecule has 0 aliphatic carbocycles. The van der Waals surface area contributed by atoms with Gasteiger partial charge in [-0.1, -0.05) is 12.1 Å². The fourth-order valence-electron chi connectivity index (χ4n) is 1.56. The Labute approximate surface area is 115 Å². The molecule has 1 N–H and O–H groups in total. The molecule has 0 amide bonds. The average molecular weight is 334 g/mol. The summed E-state index contributed by atoms with van der Waals surface area (Å²) in [4.78, 5) is 0. The molecule has 0 saturated carbocycles. The summed E-state index contributed by atoms with van der Waals surface area (Å²) in [7, 11) is 0. The molecule has 0 fully saturated rings. The van der Waals surface area contributed by atoms with Gasteiger partial charge in [0.2, 0.25) is 0 Å². The average Bonchev–Trinajstić information content (AvgIpc) is 2.36. The minimum absolute atomic E-state index is 0.0259. The van der Waals surface area contributed by atoms with Gasteiger partial charge in [0.1, 0.15) is 11.6 Å². The minimum atomic E-state index is -1.28. The van der Waals surface area contributed by atoms with Gasteiger partial charge in [0, 0.05) is 18.7 Å². The molecule has 2 aromatic rings. The standard InChI is InChI=1S/C13H8BrF4N/c14-12-7(2-1-3-9(12)16)6-19-11-5-8(15)4-10(17)13(11)18/h1-5,19H,6H2. The van der Waals surface area contributed by atoms with Gasteiger partial charge in [0.15, 0.2) is 11.6 Å². The van der Waals surface area contributed by atoms with Crippen LogP contribution in [0.2, 0.25) is 0 Å². The Morgan fingerprint density at radius 2 is 1.74 bits per heavy atom. The number of hydrogen-bond acceptors (Lipinski definition) is 1. The summed E-state index contributed by atoms with van der Waals surface area (Å²) >= 11 is 3.04. The Morgan fingerprint density at radius 1 is 1.00 bits per heavy atom. The van der Waals surface area contributed by atoms with Gasteiger partial charge >= 0.3 is 0 Å². The van der Waals surface area contributed by atoms with E-state index in [2.05, 4.69) is 21.2 Å². The molecule has 0 atom stereocenters. The molecule has 100 valence electrons. The smallest absolute Gasteiger partial charge is 0.182 e. The van der Waals surface area contributed by atoms with Gasteiger partial charge in [0.25, 0.3) is 0 Å². The lowest BCUT2D eigenvalue weighted by Gasteiger charge is -2.10. The number of halogens is 5. The molecular weight excluding hydrogens is 326 g/mol. The van der Waals surface area contributed by atoms with E-state index in [1.54, 1.807) is 6.07 Å². The molecule has 0 aliphatic heterocycles. The van der Waals surface area contributed by atoms with Crippen molar-refractivity contribution in [1.82, 2.24) is 0 Å². The molecule has 0 radical (unpaired) electrons. The maximum absolute atomic E-state index is 13.4. The molecule has 0 spiro atoms. The van der Waals surface area contributed by atoms with Crippen molar-refractivity contribution in [3.05, 3.63) is 63.6 Å². The van der Waals surface area contributed by atoms with Crippen LogP contribution in [0.5, 0.6) is 0 Å². The molecule has 0 aromatic heterocycles. The van der Waals surface area contributed by atoms with Crippen LogP contribution >= 0.6 is 15.9 Å². The van der Waals surface area contributed by atoms with E-state index in [4.69, 9.17) is 0 Å². The van der Waals surface area contributed by atoms with Crippen molar-refractivity contribution in [1.29, 1.82) is 0 Å². The molecule has 0 heterocycles. The molecule has 0 unspecified atom stereocenters. The maximum atomic E-state index is 13.4. The van der Waals surface area contributed by atoms with Crippen LogP contribution in [0, 0.1) is 23.3 Å². The second-order valence-corrected chi connectivity index (χ2v) is 4.61. The van der Waals surface area contributed by atoms with Crippen LogP contribution in [-0.4, -0.2) is 0 Å². The lowest BCUT2D eigenvalue weighted by molar-refractivity contribution is 0.497. The zero-order chi connectivity index (χ0) is 14.0. The Bertz CT molecular complexity index is 616. The van der Waals surface area contributed by atoms with E-state index in [-0.39, 0.29) is 16.7 Å². The highest BCUT2D eigenvalue weighted by atomic mass is 79.9. The van der Waals surface area contributed by atoms with E-state index in [9.17, 15) is 17.6 Å². The normalized spacial score (nSPS) is 10.6. The molecular formula is C13H8BrF4N. The molecule has 2 aromatic carbocycles. The van der Waals surface area contributed by atoms with E-state index in [0.29, 0.717) is 11.6 Å². The molecule has 0 saturated heterocycles. The summed E-state index contributed by atoms with van der Waals surface area (Å²) in [6.45, 7) is 0.0259. The molecule has 0 bridgehead atoms. The van der Waals surface area contributed by atoms with Crippen molar-refractivity contribution < 1.29 is 17.6 Å². The Balaban J connectivity index is 2.21. The van der Waals surface area contributed by atoms with Crippen LogP contribution in [0.15, 0.2) is 34.8 Å². The number of nitrogens with one attached hydrogen (secondary N) is 1. The van der Waals surface area contributed by atoms with Crippen LogP contribution < -0.4 is 5.32 Å². The van der Waals surface area contributed by atoms with E-state index < -0.39 is 23.3 Å². The molecule has 19 heavy (non-hydrogen) atoms. The first-order valence-corrected chi connectivity index (χ1v) is 6.09. The summed E-state index contributed by atoms with van der Waals surface area (Å²) in [5.41, 5.74) is 0.192. The lowest BCUT2D eigenvalue weighted by atomic mass is 10.2. The molecule has 6 heteroatoms. The first-order valence-electron chi connectivity index (χ1n) is 5.30. The van der Waals surface area contributed by atoms with Crippen LogP contribution in [0.3, 0.4) is 0 Å². The number of benzene rings is 2. The zero-order valence-electron chi connectivity index (χ0n) is 9.48. The van der Waals surface area contributed by atoms with Gasteiger partial charge in [-0.2, -0.15) is 0 Å². The third kappa shape index (κ3) is 3.07. The predicted octanol–water partition coefficient (Wildman–Crippen LogP) is 4.62. The number of hydrogen-bond donors (Lipinski definition) is 1. The third-order valence-corrected chi connectivity index (χ3v) is 3.38. The van der Waals surface area contributed by atoms with Gasteiger partial charge in [-0.25, -0.2) is 17.6 Å². The first kappa shape index (κ1) is 13.9. The highest BCUT2D eigenvalue weighted by Gasteiger charge is 2.12. The van der Waals surface area contributed by atoms with Crippen molar-refractivity contribution in [2.45, 2.75) is 6.54 Å². The van der Waals surface area contributed by atoms with Crippen molar-refractivity contribution in [3.8, 4) is 0 Å². The van der Waals surface area contributed by atoms with E-state index >= 15 is 0 Å². The van der Waals surface area contributed by atoms with Crippen molar-refractivity contribution >= 4 is 21.6 Å². The molecule has 2 rings (SSSR count). The van der Waals surface area contributed by atoms with Crippen LogP contribution in [0.4, 0.5) is 23.2 Å². The summed E-state index contributed by atoms with van der Waals surface area (Å²) in [5.74, 6) is -3.81. The van der Waals surface area contributed by atoms with E-state index in [1.165, 1.54) is 12.1 Å². The second-order valence-electron chi connectivity index (χ2n) is 3.82. The Morgan fingerprint density at radius 3 is 2.47 bits per heavy atom. The van der Waals surface area contributed by atoms with Gasteiger partial charge in [-0.05, 0) is 27.6 Å². The quantitative estimate of drug-likeness (QED) is 0.638. The van der Waals surface area contributed by atoms with Crippen molar-refractivity contribution in [2.24, 2.45) is 0 Å². The minimum Gasteiger partial charge on any atom is -0.378 e. The van der Waals surface area contributed by atoms with Crippen LogP contribution in [-0.2, 0) is 6.54 Å². The van der Waals surface area contributed by atoms with Crippen molar-refractivity contribution in [2.75, 3.05) is 5.32 Å². The van der Waals surface area contributed by atoms with Gasteiger partial charge in [-0.3, -0.25) is 0 Å². The SMILES string of the molecule is Fc1cc(F)c(F)c(NCc2cccc(F)c2Br)c1. The predicted molar refractivity (Wildman–Crippen MR) is 67.7 cm³/mol. The Hall–Kier alpha value is -1.56. The van der Waals surface area contributed by atoms with Gasteiger partial charge < -0.3 is 5.32 Å². The van der Waals surface area contributed by atoms with Crippen LogP contribution in [0.25, 0.3) is 0 Å². The van der Waals surface area contributed by atoms with Gasteiger partial charge in [0.05, 0.1) is 10.2 Å². The summed E-state index contributed by atoms with van der Waals surface area (Å²) in [5, 5.41) is 2.53. The fourth-order valence-corrected chi connectivity index (χ4v) is 1.96. The topological polar surface area (TPSA) is 12.0 Å². The first-order chi connectivity index (χ1) is 8.99. The summed E-state index contributed by atoms with van der Waals surface area (Å²) in [6, 6.07) is 5.65. The molecule has 0 aliphatic rings. The van der Waals surface area contributed by atoms with Crippen LogP contribution in [0.1, 0.15) is 5.56 Å². The summed E-state index contributed by atoms with van der Waals surface area (Å²) in [6.07, 6.45) is 0. The van der Waals surface area contributed by atoms with Gasteiger partial charge in [-0.15, -0.1) is 0 Å². The monoisotopic (exact) mass is 333 g/mol. The van der Waals surface area contributed by atoms with E-state index in [0.717, 1.165) is 6.07 Å². The van der Waals surface area contributed by atoms with Crippen molar-refractivity contribution in [3.63, 3.8) is 0 Å². The zero-order valence-corrected chi connectivity index (χ0v) is 11.1. The largest absolute Gasteiger partial charge is 0.378 e. The summed E-state index contributed by atoms with van der Waals surface area (Å²) < 4.78 is 52.8. The lowest BCUT2D eigenvalue weighted by Crippen LogP contribution is -2.04. The fraction of sp³-hybridized carbons (Fsp3) is 0.0769.